The van der Waals surface area contributed by atoms with E-state index in [0.717, 1.165) is 38.3 Å². The summed E-state index contributed by atoms with van der Waals surface area (Å²) in [6.07, 6.45) is 1.31. The summed E-state index contributed by atoms with van der Waals surface area (Å²) in [6.45, 7) is 9.31. The van der Waals surface area contributed by atoms with Crippen molar-refractivity contribution in [3.05, 3.63) is 0 Å². The number of piperidine rings is 1. The van der Waals surface area contributed by atoms with Crippen LogP contribution in [0.15, 0.2) is 4.99 Å². The van der Waals surface area contributed by atoms with Gasteiger partial charge in [0, 0.05) is 6.54 Å². The van der Waals surface area contributed by atoms with Gasteiger partial charge in [0.25, 0.3) is 0 Å². The van der Waals surface area contributed by atoms with E-state index in [2.05, 4.69) is 15.2 Å². The quantitative estimate of drug-likeness (QED) is 0.738. The summed E-state index contributed by atoms with van der Waals surface area (Å²) in [5.74, 6) is 0.887. The van der Waals surface area contributed by atoms with Crippen LogP contribution in [0, 0.1) is 5.92 Å². The Bertz CT molecular complexity index is 395. The fourth-order valence-electron chi connectivity index (χ4n) is 2.60. The van der Waals surface area contributed by atoms with Gasteiger partial charge in [-0.3, -0.25) is 14.7 Å². The van der Waals surface area contributed by atoms with Crippen molar-refractivity contribution in [3.8, 4) is 0 Å². The minimum Gasteiger partial charge on any atom is -0.460 e. The number of aliphatic hydroxyl groups excluding tert-OH is 1. The van der Waals surface area contributed by atoms with E-state index in [4.69, 9.17) is 4.74 Å². The fraction of sp³-hybridized carbons (Fsp3) is 0.867. The number of hydrogen-bond acceptors (Lipinski definition) is 6. The monoisotopic (exact) mass is 297 g/mol. The number of esters is 1. The summed E-state index contributed by atoms with van der Waals surface area (Å²) >= 11 is 0. The Hall–Kier alpha value is -1.14. The average Bonchev–Trinajstić information content (AvgIpc) is 2.40. The number of aliphatic imine (C=N–C) groups is 1. The number of carbonyl (C=O) groups excluding carboxylic acids is 1. The summed E-state index contributed by atoms with van der Waals surface area (Å²) in [6, 6.07) is 0. The van der Waals surface area contributed by atoms with Crippen molar-refractivity contribution in [2.24, 2.45) is 10.9 Å². The average molecular weight is 297 g/mol. The van der Waals surface area contributed by atoms with E-state index >= 15 is 0 Å². The Balaban J connectivity index is 1.74. The first-order valence-corrected chi connectivity index (χ1v) is 7.74. The van der Waals surface area contributed by atoms with Crippen LogP contribution in [0.25, 0.3) is 0 Å². The van der Waals surface area contributed by atoms with Crippen LogP contribution in [0.5, 0.6) is 0 Å². The van der Waals surface area contributed by atoms with Gasteiger partial charge in [-0.15, -0.1) is 0 Å². The van der Waals surface area contributed by atoms with E-state index in [0.29, 0.717) is 13.1 Å². The van der Waals surface area contributed by atoms with Gasteiger partial charge in [0.1, 0.15) is 11.4 Å². The second-order valence-corrected chi connectivity index (χ2v) is 6.91. The molecule has 0 saturated carbocycles. The zero-order valence-electron chi connectivity index (χ0n) is 13.3. The predicted octanol–water partition coefficient (Wildman–Crippen LogP) is 0.403. The third-order valence-electron chi connectivity index (χ3n) is 3.74. The first-order chi connectivity index (χ1) is 9.83. The standard InChI is InChI=1S/C15H27N3O3/c1-15(2,3)21-14(20)11-4-6-18(7-5-11)10-13-16-8-12(19)9-17-13/h11-12,19H,4-10H2,1-3H3,(H,16,17). The third kappa shape index (κ3) is 5.28. The van der Waals surface area contributed by atoms with Crippen molar-refractivity contribution in [3.63, 3.8) is 0 Å². The summed E-state index contributed by atoms with van der Waals surface area (Å²) < 4.78 is 5.45. The third-order valence-corrected chi connectivity index (χ3v) is 3.74. The molecular formula is C15H27N3O3. The fourth-order valence-corrected chi connectivity index (χ4v) is 2.60. The number of nitrogens with one attached hydrogen (secondary N) is 1. The second kappa shape index (κ2) is 6.75. The van der Waals surface area contributed by atoms with Crippen molar-refractivity contribution in [2.45, 2.75) is 45.3 Å². The van der Waals surface area contributed by atoms with E-state index in [1.54, 1.807) is 0 Å². The van der Waals surface area contributed by atoms with Crippen LogP contribution in [-0.2, 0) is 9.53 Å². The van der Waals surface area contributed by atoms with Gasteiger partial charge in [-0.25, -0.2) is 0 Å². The SMILES string of the molecule is CC(C)(C)OC(=O)C1CCN(CC2=NCC(O)CN2)CC1. The number of nitrogens with zero attached hydrogens (tertiary/aromatic N) is 2. The van der Waals surface area contributed by atoms with Crippen molar-refractivity contribution < 1.29 is 14.6 Å². The number of β-amino-alcohol motifs (C(OH)–C–C–N with tert-alkyl or cyclic N) is 1. The van der Waals surface area contributed by atoms with Gasteiger partial charge < -0.3 is 15.2 Å². The highest BCUT2D eigenvalue weighted by atomic mass is 16.6. The van der Waals surface area contributed by atoms with Gasteiger partial charge in [-0.1, -0.05) is 0 Å². The van der Waals surface area contributed by atoms with Crippen molar-refractivity contribution >= 4 is 11.8 Å². The molecule has 0 aromatic rings. The Labute approximate surface area is 126 Å². The number of aliphatic hydroxyl groups is 1. The minimum atomic E-state index is -0.407. The van der Waals surface area contributed by atoms with Crippen LogP contribution in [0.1, 0.15) is 33.6 Å². The highest BCUT2D eigenvalue weighted by Crippen LogP contribution is 2.21. The molecule has 0 spiro atoms. The minimum absolute atomic E-state index is 0.0172. The molecule has 0 amide bonds. The largest absolute Gasteiger partial charge is 0.460 e. The zero-order chi connectivity index (χ0) is 15.5. The smallest absolute Gasteiger partial charge is 0.309 e. The first kappa shape index (κ1) is 16.2. The molecule has 1 fully saturated rings. The molecule has 2 heterocycles. The van der Waals surface area contributed by atoms with Crippen LogP contribution in [0.4, 0.5) is 0 Å². The van der Waals surface area contributed by atoms with Crippen molar-refractivity contribution in [2.75, 3.05) is 32.7 Å². The summed E-state index contributed by atoms with van der Waals surface area (Å²) in [5.41, 5.74) is -0.407. The molecule has 2 aliphatic heterocycles. The molecule has 120 valence electrons. The van der Waals surface area contributed by atoms with Crippen molar-refractivity contribution in [1.29, 1.82) is 0 Å². The molecule has 0 bridgehead atoms. The molecule has 1 unspecified atom stereocenters. The molecule has 2 aliphatic rings. The van der Waals surface area contributed by atoms with Crippen molar-refractivity contribution in [1.82, 2.24) is 10.2 Å². The number of amidine groups is 1. The molecule has 2 N–H and O–H groups in total. The Morgan fingerprint density at radius 3 is 2.62 bits per heavy atom. The lowest BCUT2D eigenvalue weighted by molar-refractivity contribution is -0.161. The highest BCUT2D eigenvalue weighted by molar-refractivity contribution is 5.84. The van der Waals surface area contributed by atoms with Gasteiger partial charge in [-0.2, -0.15) is 0 Å². The number of ether oxygens (including phenoxy) is 1. The molecule has 6 nitrogen and oxygen atoms in total. The molecule has 21 heavy (non-hydrogen) atoms. The topological polar surface area (TPSA) is 74.2 Å². The first-order valence-electron chi connectivity index (χ1n) is 7.74. The maximum absolute atomic E-state index is 12.0. The highest BCUT2D eigenvalue weighted by Gasteiger charge is 2.29. The van der Waals surface area contributed by atoms with Gasteiger partial charge in [0.15, 0.2) is 0 Å². The number of likely N-dealkylation sites (tertiary alicyclic amines) is 1. The maximum Gasteiger partial charge on any atom is 0.309 e. The zero-order valence-corrected chi connectivity index (χ0v) is 13.3. The summed E-state index contributed by atoms with van der Waals surface area (Å²) in [7, 11) is 0. The number of carbonyl (C=O) groups is 1. The molecule has 1 atom stereocenters. The molecule has 6 heteroatoms. The van der Waals surface area contributed by atoms with Crippen LogP contribution in [0.3, 0.4) is 0 Å². The predicted molar refractivity (Wildman–Crippen MR) is 81.3 cm³/mol. The van der Waals surface area contributed by atoms with Gasteiger partial charge in [0.05, 0.1) is 25.1 Å². The number of rotatable bonds is 3. The Morgan fingerprint density at radius 1 is 1.43 bits per heavy atom. The lowest BCUT2D eigenvalue weighted by Crippen LogP contribution is -2.47. The van der Waals surface area contributed by atoms with E-state index in [1.165, 1.54) is 0 Å². The Morgan fingerprint density at radius 2 is 2.10 bits per heavy atom. The lowest BCUT2D eigenvalue weighted by atomic mass is 9.96. The van der Waals surface area contributed by atoms with E-state index in [9.17, 15) is 9.90 Å². The molecule has 0 aliphatic carbocycles. The van der Waals surface area contributed by atoms with Crippen LogP contribution in [-0.4, -0.2) is 66.2 Å². The van der Waals surface area contributed by atoms with Gasteiger partial charge >= 0.3 is 5.97 Å². The summed E-state index contributed by atoms with van der Waals surface area (Å²) in [5, 5.41) is 12.5. The van der Waals surface area contributed by atoms with Crippen LogP contribution < -0.4 is 5.32 Å². The van der Waals surface area contributed by atoms with E-state index in [1.807, 2.05) is 20.8 Å². The van der Waals surface area contributed by atoms with E-state index < -0.39 is 5.60 Å². The molecule has 1 saturated heterocycles. The molecular weight excluding hydrogens is 270 g/mol. The summed E-state index contributed by atoms with van der Waals surface area (Å²) in [4.78, 5) is 18.7. The molecule has 0 aromatic heterocycles. The van der Waals surface area contributed by atoms with Gasteiger partial charge in [-0.05, 0) is 46.7 Å². The molecule has 0 radical (unpaired) electrons. The normalized spacial score (nSPS) is 25.1. The molecule has 0 aromatic carbocycles. The lowest BCUT2D eigenvalue weighted by Gasteiger charge is -2.33. The van der Waals surface area contributed by atoms with Gasteiger partial charge in [0.2, 0.25) is 0 Å². The molecule has 2 rings (SSSR count). The number of hydrogen-bond donors (Lipinski definition) is 2. The van der Waals surface area contributed by atoms with Crippen LogP contribution in [0.2, 0.25) is 0 Å². The van der Waals surface area contributed by atoms with E-state index in [-0.39, 0.29) is 18.0 Å². The van der Waals surface area contributed by atoms with Crippen LogP contribution >= 0.6 is 0 Å². The second-order valence-electron chi connectivity index (χ2n) is 6.91. The maximum atomic E-state index is 12.0. The Kier molecular flexibility index (Phi) is 5.22.